The van der Waals surface area contributed by atoms with Crippen LogP contribution in [-0.2, 0) is 17.8 Å². The van der Waals surface area contributed by atoms with Crippen LogP contribution in [0.2, 0.25) is 0 Å². The van der Waals surface area contributed by atoms with Gasteiger partial charge in [-0.25, -0.2) is 4.98 Å². The quantitative estimate of drug-likeness (QED) is 0.759. The summed E-state index contributed by atoms with van der Waals surface area (Å²) < 4.78 is 2.19. The van der Waals surface area contributed by atoms with Gasteiger partial charge in [0, 0.05) is 31.4 Å². The molecule has 1 amide bonds. The van der Waals surface area contributed by atoms with Crippen molar-refractivity contribution in [2.45, 2.75) is 38.8 Å². The van der Waals surface area contributed by atoms with Crippen molar-refractivity contribution in [2.75, 3.05) is 13.1 Å². The molecule has 1 atom stereocenters. The van der Waals surface area contributed by atoms with Gasteiger partial charge in [-0.3, -0.25) is 4.79 Å². The summed E-state index contributed by atoms with van der Waals surface area (Å²) in [4.78, 5) is 19.1. The van der Waals surface area contributed by atoms with Crippen LogP contribution in [0.1, 0.15) is 29.8 Å². The van der Waals surface area contributed by atoms with Crippen LogP contribution in [-0.4, -0.2) is 39.3 Å². The summed E-state index contributed by atoms with van der Waals surface area (Å²) in [6, 6.07) is 16.5. The number of aromatic nitrogens is 2. The van der Waals surface area contributed by atoms with E-state index in [1.807, 2.05) is 53.6 Å². The monoisotopic (exact) mass is 362 g/mol. The maximum atomic E-state index is 12.6. The van der Waals surface area contributed by atoms with Crippen molar-refractivity contribution < 1.29 is 4.79 Å². The van der Waals surface area contributed by atoms with Gasteiger partial charge in [-0.15, -0.1) is 0 Å². The largest absolute Gasteiger partial charge is 0.341 e. The lowest BCUT2D eigenvalue weighted by Crippen LogP contribution is -2.48. The third-order valence-corrected chi connectivity index (χ3v) is 5.34. The molecule has 0 saturated carbocycles. The fourth-order valence-electron chi connectivity index (χ4n) is 3.90. The third kappa shape index (κ3) is 4.03. The number of hydrogen-bond acceptors (Lipinski definition) is 3. The van der Waals surface area contributed by atoms with E-state index in [1.165, 1.54) is 5.69 Å². The van der Waals surface area contributed by atoms with E-state index in [1.54, 1.807) is 0 Å². The van der Waals surface area contributed by atoms with Crippen LogP contribution in [0.15, 0.2) is 54.7 Å². The summed E-state index contributed by atoms with van der Waals surface area (Å²) >= 11 is 0. The summed E-state index contributed by atoms with van der Waals surface area (Å²) in [6.07, 6.45) is 4.58. The number of carbonyl (C=O) groups excluding carboxylic acids is 1. The molecule has 1 aliphatic heterocycles. The fourth-order valence-corrected chi connectivity index (χ4v) is 3.90. The number of fused-ring (bicyclic) bond motifs is 1. The second kappa shape index (κ2) is 7.92. The number of pyridine rings is 1. The van der Waals surface area contributed by atoms with Gasteiger partial charge in [-0.1, -0.05) is 36.4 Å². The number of likely N-dealkylation sites (tertiary alicyclic amines) is 1. The Morgan fingerprint density at radius 1 is 1.19 bits per heavy atom. The first-order valence-corrected chi connectivity index (χ1v) is 9.68. The van der Waals surface area contributed by atoms with E-state index in [2.05, 4.69) is 27.7 Å². The summed E-state index contributed by atoms with van der Waals surface area (Å²) in [5, 5.41) is 3.64. The molecule has 1 unspecified atom stereocenters. The highest BCUT2D eigenvalue weighted by Crippen LogP contribution is 2.14. The average Bonchev–Trinajstić information content (AvgIpc) is 3.12. The van der Waals surface area contributed by atoms with Gasteiger partial charge >= 0.3 is 0 Å². The van der Waals surface area contributed by atoms with Crippen LogP contribution in [0.25, 0.3) is 5.65 Å². The van der Waals surface area contributed by atoms with Gasteiger partial charge in [0.1, 0.15) is 5.65 Å². The number of nitrogens with zero attached hydrogens (tertiary/aromatic N) is 3. The zero-order chi connectivity index (χ0) is 18.6. The first-order chi connectivity index (χ1) is 13.2. The lowest BCUT2D eigenvalue weighted by atomic mass is 10.0. The predicted octanol–water partition coefficient (Wildman–Crippen LogP) is 2.97. The van der Waals surface area contributed by atoms with Crippen molar-refractivity contribution in [3.8, 4) is 0 Å². The maximum Gasteiger partial charge on any atom is 0.227 e. The second-order valence-electron chi connectivity index (χ2n) is 7.33. The SMILES string of the molecule is Cc1cccc2ncc(CNC3CCCN(C(=O)Cc4ccccc4)C3)n12. The standard InChI is InChI=1S/C22H26N4O/c1-17-7-5-11-21-24-15-20(26(17)21)14-23-19-10-6-12-25(16-19)22(27)13-18-8-3-2-4-9-18/h2-5,7-9,11,15,19,23H,6,10,12-14,16H2,1H3. The number of rotatable bonds is 5. The molecule has 1 fully saturated rings. The Kier molecular flexibility index (Phi) is 5.21. The summed E-state index contributed by atoms with van der Waals surface area (Å²) in [7, 11) is 0. The second-order valence-corrected chi connectivity index (χ2v) is 7.33. The Morgan fingerprint density at radius 2 is 2.04 bits per heavy atom. The van der Waals surface area contributed by atoms with Gasteiger partial charge in [0.2, 0.25) is 5.91 Å². The molecule has 3 heterocycles. The van der Waals surface area contributed by atoms with E-state index >= 15 is 0 Å². The average molecular weight is 362 g/mol. The zero-order valence-corrected chi connectivity index (χ0v) is 15.8. The Bertz CT molecular complexity index is 918. The smallest absolute Gasteiger partial charge is 0.227 e. The van der Waals surface area contributed by atoms with Crippen LogP contribution >= 0.6 is 0 Å². The minimum absolute atomic E-state index is 0.221. The molecular weight excluding hydrogens is 336 g/mol. The van der Waals surface area contributed by atoms with Gasteiger partial charge in [-0.2, -0.15) is 0 Å². The van der Waals surface area contributed by atoms with Crippen molar-refractivity contribution in [3.05, 3.63) is 71.7 Å². The van der Waals surface area contributed by atoms with Gasteiger partial charge in [0.15, 0.2) is 0 Å². The molecule has 1 saturated heterocycles. The van der Waals surface area contributed by atoms with Gasteiger partial charge in [0.05, 0.1) is 18.3 Å². The van der Waals surface area contributed by atoms with E-state index in [0.29, 0.717) is 12.5 Å². The predicted molar refractivity (Wildman–Crippen MR) is 107 cm³/mol. The van der Waals surface area contributed by atoms with E-state index in [4.69, 9.17) is 0 Å². The highest BCUT2D eigenvalue weighted by Gasteiger charge is 2.23. The Morgan fingerprint density at radius 3 is 2.89 bits per heavy atom. The third-order valence-electron chi connectivity index (χ3n) is 5.34. The number of piperidine rings is 1. The molecule has 4 rings (SSSR count). The van der Waals surface area contributed by atoms with Crippen LogP contribution in [0, 0.1) is 6.92 Å². The molecule has 1 aliphatic rings. The molecule has 140 valence electrons. The first-order valence-electron chi connectivity index (χ1n) is 9.68. The molecule has 0 spiro atoms. The summed E-state index contributed by atoms with van der Waals surface area (Å²) in [6.45, 7) is 4.50. The van der Waals surface area contributed by atoms with E-state index in [9.17, 15) is 4.79 Å². The number of hydrogen-bond donors (Lipinski definition) is 1. The number of imidazole rings is 1. The van der Waals surface area contributed by atoms with E-state index in [-0.39, 0.29) is 5.91 Å². The van der Waals surface area contributed by atoms with Gasteiger partial charge in [0.25, 0.3) is 0 Å². The number of carbonyl (C=O) groups is 1. The maximum absolute atomic E-state index is 12.6. The van der Waals surface area contributed by atoms with Gasteiger partial charge in [-0.05, 0) is 37.5 Å². The van der Waals surface area contributed by atoms with Crippen molar-refractivity contribution in [1.82, 2.24) is 19.6 Å². The summed E-state index contributed by atoms with van der Waals surface area (Å²) in [5.41, 5.74) is 4.41. The Labute approximate surface area is 160 Å². The molecule has 27 heavy (non-hydrogen) atoms. The van der Waals surface area contributed by atoms with E-state index < -0.39 is 0 Å². The number of aryl methyl sites for hydroxylation is 1. The van der Waals surface area contributed by atoms with Crippen molar-refractivity contribution in [1.29, 1.82) is 0 Å². The minimum Gasteiger partial charge on any atom is -0.341 e. The topological polar surface area (TPSA) is 49.6 Å². The molecule has 3 aromatic rings. The lowest BCUT2D eigenvalue weighted by Gasteiger charge is -2.33. The fraction of sp³-hybridized carbons (Fsp3) is 0.364. The molecule has 0 bridgehead atoms. The van der Waals surface area contributed by atoms with Gasteiger partial charge < -0.3 is 14.6 Å². The molecule has 0 radical (unpaired) electrons. The highest BCUT2D eigenvalue weighted by atomic mass is 16.2. The normalized spacial score (nSPS) is 17.4. The molecule has 1 N–H and O–H groups in total. The number of amides is 1. The highest BCUT2D eigenvalue weighted by molar-refractivity contribution is 5.78. The first kappa shape index (κ1) is 17.7. The summed E-state index contributed by atoms with van der Waals surface area (Å²) in [5.74, 6) is 0.221. The molecule has 0 aliphatic carbocycles. The lowest BCUT2D eigenvalue weighted by molar-refractivity contribution is -0.131. The molecule has 2 aromatic heterocycles. The Balaban J connectivity index is 1.36. The molecule has 5 heteroatoms. The van der Waals surface area contributed by atoms with Crippen molar-refractivity contribution in [2.24, 2.45) is 0 Å². The number of nitrogens with one attached hydrogen (secondary N) is 1. The van der Waals surface area contributed by atoms with Crippen LogP contribution in [0.4, 0.5) is 0 Å². The molecular formula is C22H26N4O. The number of benzene rings is 1. The zero-order valence-electron chi connectivity index (χ0n) is 15.8. The minimum atomic E-state index is 0.221. The van der Waals surface area contributed by atoms with Crippen molar-refractivity contribution in [3.63, 3.8) is 0 Å². The molecule has 5 nitrogen and oxygen atoms in total. The van der Waals surface area contributed by atoms with Crippen LogP contribution < -0.4 is 5.32 Å². The van der Waals surface area contributed by atoms with Crippen LogP contribution in [0.5, 0.6) is 0 Å². The molecule has 1 aromatic carbocycles. The van der Waals surface area contributed by atoms with Crippen molar-refractivity contribution >= 4 is 11.6 Å². The van der Waals surface area contributed by atoms with E-state index in [0.717, 1.165) is 49.4 Å². The Hall–Kier alpha value is -2.66. The van der Waals surface area contributed by atoms with Crippen LogP contribution in [0.3, 0.4) is 0 Å².